The molecule has 3 saturated carbocycles. The molecule has 0 aromatic rings. The second kappa shape index (κ2) is 8.48. The second-order valence-corrected chi connectivity index (χ2v) is 7.89. The van der Waals surface area contributed by atoms with Gasteiger partial charge >= 0.3 is 0 Å². The van der Waals surface area contributed by atoms with Crippen LogP contribution in [0.3, 0.4) is 0 Å². The van der Waals surface area contributed by atoms with E-state index in [-0.39, 0.29) is 5.91 Å². The highest BCUT2D eigenvalue weighted by molar-refractivity contribution is 5.73. The van der Waals surface area contributed by atoms with Crippen LogP contribution < -0.4 is 10.6 Å². The van der Waals surface area contributed by atoms with E-state index in [1.54, 1.807) is 6.92 Å². The third-order valence-electron chi connectivity index (χ3n) is 5.96. The Labute approximate surface area is 141 Å². The highest BCUT2D eigenvalue weighted by Crippen LogP contribution is 2.29. The van der Waals surface area contributed by atoms with E-state index in [2.05, 4.69) is 10.6 Å². The maximum absolute atomic E-state index is 11.2. The van der Waals surface area contributed by atoms with E-state index in [1.165, 1.54) is 64.2 Å². The largest absolute Gasteiger partial charge is 0.373 e. The quantitative estimate of drug-likeness (QED) is 0.816. The molecule has 0 aromatic carbocycles. The average molecular weight is 322 g/mol. The first-order chi connectivity index (χ1) is 11.2. The number of hydrogen-bond acceptors (Lipinski definition) is 3. The van der Waals surface area contributed by atoms with Crippen LogP contribution in [0.25, 0.3) is 0 Å². The zero-order valence-electron chi connectivity index (χ0n) is 14.7. The Hall–Kier alpha value is -0.610. The van der Waals surface area contributed by atoms with Gasteiger partial charge in [-0.25, -0.2) is 0 Å². The van der Waals surface area contributed by atoms with Gasteiger partial charge in [0.15, 0.2) is 0 Å². The standard InChI is InChI=1S/C19H34N2O2/c1-14(22)20-15-10-12-16(13-11-15)21-18-8-4-5-9-19(18)23-17-6-2-3-7-17/h15-19,21H,2-13H2,1H3,(H,20,22)/t15?,16?,18-,19+/m0/s1. The molecule has 3 aliphatic carbocycles. The van der Waals surface area contributed by atoms with E-state index in [9.17, 15) is 4.79 Å². The summed E-state index contributed by atoms with van der Waals surface area (Å²) in [5.41, 5.74) is 0. The van der Waals surface area contributed by atoms with Crippen molar-refractivity contribution in [2.24, 2.45) is 0 Å². The summed E-state index contributed by atoms with van der Waals surface area (Å²) in [6.45, 7) is 1.62. The summed E-state index contributed by atoms with van der Waals surface area (Å²) >= 11 is 0. The van der Waals surface area contributed by atoms with Crippen LogP contribution >= 0.6 is 0 Å². The van der Waals surface area contributed by atoms with Gasteiger partial charge in [-0.05, 0) is 51.4 Å². The molecule has 4 nitrogen and oxygen atoms in total. The third-order valence-corrected chi connectivity index (χ3v) is 5.96. The first kappa shape index (κ1) is 17.2. The Kier molecular flexibility index (Phi) is 6.35. The molecule has 2 N–H and O–H groups in total. The molecule has 0 aliphatic heterocycles. The Morgan fingerprint density at radius 3 is 2.13 bits per heavy atom. The van der Waals surface area contributed by atoms with Crippen LogP contribution in [0.15, 0.2) is 0 Å². The number of nitrogens with one attached hydrogen (secondary N) is 2. The number of carbonyl (C=O) groups excluding carboxylic acids is 1. The molecule has 3 rings (SSSR count). The predicted octanol–water partition coefficient (Wildman–Crippen LogP) is 3.29. The highest BCUT2D eigenvalue weighted by Gasteiger charge is 2.32. The summed E-state index contributed by atoms with van der Waals surface area (Å²) in [5.74, 6) is 0.110. The molecule has 0 saturated heterocycles. The lowest BCUT2D eigenvalue weighted by Crippen LogP contribution is -2.51. The van der Waals surface area contributed by atoms with Crippen molar-refractivity contribution in [3.05, 3.63) is 0 Å². The van der Waals surface area contributed by atoms with Crippen molar-refractivity contribution in [2.75, 3.05) is 0 Å². The smallest absolute Gasteiger partial charge is 0.217 e. The van der Waals surface area contributed by atoms with E-state index < -0.39 is 0 Å². The van der Waals surface area contributed by atoms with Crippen molar-refractivity contribution < 1.29 is 9.53 Å². The Bertz CT molecular complexity index is 374. The Balaban J connectivity index is 1.44. The van der Waals surface area contributed by atoms with Gasteiger partial charge in [-0.2, -0.15) is 0 Å². The molecule has 0 aromatic heterocycles. The molecule has 4 heteroatoms. The summed E-state index contributed by atoms with van der Waals surface area (Å²) in [6, 6.07) is 1.55. The Morgan fingerprint density at radius 2 is 1.43 bits per heavy atom. The van der Waals surface area contributed by atoms with E-state index in [4.69, 9.17) is 4.74 Å². The number of rotatable bonds is 5. The monoisotopic (exact) mass is 322 g/mol. The molecule has 2 atom stereocenters. The van der Waals surface area contributed by atoms with Crippen LogP contribution in [0, 0.1) is 0 Å². The average Bonchev–Trinajstić information content (AvgIpc) is 3.04. The molecule has 132 valence electrons. The lowest BCUT2D eigenvalue weighted by Gasteiger charge is -2.38. The van der Waals surface area contributed by atoms with Gasteiger partial charge in [0.05, 0.1) is 12.2 Å². The van der Waals surface area contributed by atoms with Crippen molar-refractivity contribution in [2.45, 2.75) is 114 Å². The lowest BCUT2D eigenvalue weighted by atomic mass is 9.87. The van der Waals surface area contributed by atoms with Crippen molar-refractivity contribution in [1.82, 2.24) is 10.6 Å². The van der Waals surface area contributed by atoms with Crippen LogP contribution in [0.1, 0.15) is 84.0 Å². The number of hydrogen-bond donors (Lipinski definition) is 2. The summed E-state index contributed by atoms with van der Waals surface area (Å²) in [7, 11) is 0. The van der Waals surface area contributed by atoms with Gasteiger partial charge in [-0.3, -0.25) is 4.79 Å². The number of amides is 1. The zero-order chi connectivity index (χ0) is 16.1. The SMILES string of the molecule is CC(=O)NC1CCC(N[C@H]2CCCC[C@H]2OC2CCCC2)CC1. The van der Waals surface area contributed by atoms with Crippen molar-refractivity contribution in [1.29, 1.82) is 0 Å². The van der Waals surface area contributed by atoms with E-state index in [0.29, 0.717) is 30.3 Å². The zero-order valence-corrected chi connectivity index (χ0v) is 14.7. The van der Waals surface area contributed by atoms with Gasteiger partial charge in [-0.15, -0.1) is 0 Å². The van der Waals surface area contributed by atoms with Crippen molar-refractivity contribution in [3.63, 3.8) is 0 Å². The lowest BCUT2D eigenvalue weighted by molar-refractivity contribution is -0.119. The minimum absolute atomic E-state index is 0.110. The van der Waals surface area contributed by atoms with Gasteiger partial charge in [-0.1, -0.05) is 25.7 Å². The predicted molar refractivity (Wildman–Crippen MR) is 92.4 cm³/mol. The molecule has 0 heterocycles. The van der Waals surface area contributed by atoms with E-state index in [0.717, 1.165) is 12.8 Å². The maximum Gasteiger partial charge on any atom is 0.217 e. The molecule has 1 amide bonds. The summed E-state index contributed by atoms with van der Waals surface area (Å²) in [5, 5.41) is 6.99. The first-order valence-corrected chi connectivity index (χ1v) is 9.89. The van der Waals surface area contributed by atoms with E-state index in [1.807, 2.05) is 0 Å². The minimum atomic E-state index is 0.110. The maximum atomic E-state index is 11.2. The second-order valence-electron chi connectivity index (χ2n) is 7.89. The van der Waals surface area contributed by atoms with Gasteiger partial charge < -0.3 is 15.4 Å². The number of ether oxygens (including phenoxy) is 1. The van der Waals surface area contributed by atoms with Crippen LogP contribution in [0.5, 0.6) is 0 Å². The van der Waals surface area contributed by atoms with E-state index >= 15 is 0 Å². The molecule has 0 unspecified atom stereocenters. The fourth-order valence-electron chi connectivity index (χ4n) is 4.72. The molecule has 0 radical (unpaired) electrons. The molecule has 0 bridgehead atoms. The van der Waals surface area contributed by atoms with Crippen molar-refractivity contribution >= 4 is 5.91 Å². The molecule has 0 spiro atoms. The minimum Gasteiger partial charge on any atom is -0.373 e. The molecule has 3 fully saturated rings. The van der Waals surface area contributed by atoms with Gasteiger partial charge in [0.25, 0.3) is 0 Å². The summed E-state index contributed by atoms with van der Waals surface area (Å²) < 4.78 is 6.46. The Morgan fingerprint density at radius 1 is 0.826 bits per heavy atom. The van der Waals surface area contributed by atoms with Gasteiger partial charge in [0, 0.05) is 25.0 Å². The summed E-state index contributed by atoms with van der Waals surface area (Å²) in [4.78, 5) is 11.2. The molecular weight excluding hydrogens is 288 g/mol. The number of carbonyl (C=O) groups is 1. The van der Waals surface area contributed by atoms with Crippen LogP contribution in [-0.4, -0.2) is 36.2 Å². The molecular formula is C19H34N2O2. The topological polar surface area (TPSA) is 50.4 Å². The fraction of sp³-hybridized carbons (Fsp3) is 0.947. The van der Waals surface area contributed by atoms with Gasteiger partial charge in [0.2, 0.25) is 5.91 Å². The summed E-state index contributed by atoms with van der Waals surface area (Å²) in [6.07, 6.45) is 15.9. The normalized spacial score (nSPS) is 36.0. The van der Waals surface area contributed by atoms with Crippen molar-refractivity contribution in [3.8, 4) is 0 Å². The first-order valence-electron chi connectivity index (χ1n) is 9.89. The highest BCUT2D eigenvalue weighted by atomic mass is 16.5. The van der Waals surface area contributed by atoms with Gasteiger partial charge in [0.1, 0.15) is 0 Å². The van der Waals surface area contributed by atoms with Crippen LogP contribution in [-0.2, 0) is 9.53 Å². The van der Waals surface area contributed by atoms with Crippen LogP contribution in [0.4, 0.5) is 0 Å². The van der Waals surface area contributed by atoms with Crippen LogP contribution in [0.2, 0.25) is 0 Å². The molecule has 3 aliphatic rings. The fourth-order valence-corrected chi connectivity index (χ4v) is 4.72. The molecule has 23 heavy (non-hydrogen) atoms. The third kappa shape index (κ3) is 5.18.